The molecule has 0 atom stereocenters. The van der Waals surface area contributed by atoms with Crippen molar-refractivity contribution >= 4 is 22.8 Å². The van der Waals surface area contributed by atoms with E-state index < -0.39 is 4.92 Å². The normalized spacial score (nSPS) is 10.1. The second-order valence-electron chi connectivity index (χ2n) is 5.03. The molecule has 114 valence electrons. The number of nitro groups is 1. The Morgan fingerprint density at radius 3 is 2.59 bits per heavy atom. The maximum Gasteiger partial charge on any atom is 0.270 e. The molecule has 0 aliphatic carbocycles. The van der Waals surface area contributed by atoms with Crippen LogP contribution in [-0.2, 0) is 0 Å². The molecule has 0 aliphatic heterocycles. The largest absolute Gasteiger partial charge is 0.378 e. The number of hydrogen-bond donors (Lipinski definition) is 1. The predicted molar refractivity (Wildman–Crippen MR) is 86.7 cm³/mol. The zero-order chi connectivity index (χ0) is 16.1. The molecule has 2 aromatic rings. The lowest BCUT2D eigenvalue weighted by Gasteiger charge is -2.14. The number of rotatable bonds is 6. The number of carbonyl (C=O) groups is 1. The van der Waals surface area contributed by atoms with Crippen molar-refractivity contribution < 1.29 is 9.72 Å². The molecule has 0 bridgehead atoms. The minimum absolute atomic E-state index is 0.0814. The van der Waals surface area contributed by atoms with Crippen LogP contribution >= 0.6 is 0 Å². The Morgan fingerprint density at radius 1 is 1.18 bits per heavy atom. The molecular formula is C16H17N3O3. The summed E-state index contributed by atoms with van der Waals surface area (Å²) < 4.78 is 0. The zero-order valence-electron chi connectivity index (χ0n) is 12.4. The van der Waals surface area contributed by atoms with Crippen LogP contribution in [0.1, 0.15) is 10.4 Å². The number of benzene rings is 2. The summed E-state index contributed by atoms with van der Waals surface area (Å²) in [7, 11) is 3.88. The molecule has 6 nitrogen and oxygen atoms in total. The summed E-state index contributed by atoms with van der Waals surface area (Å²) in [6.07, 6.45) is 0. The average molecular weight is 299 g/mol. The third-order valence-corrected chi connectivity index (χ3v) is 3.19. The van der Waals surface area contributed by atoms with Gasteiger partial charge >= 0.3 is 0 Å². The fourth-order valence-corrected chi connectivity index (χ4v) is 1.97. The minimum Gasteiger partial charge on any atom is -0.378 e. The number of anilines is 2. The van der Waals surface area contributed by atoms with Crippen LogP contribution in [0, 0.1) is 10.1 Å². The first-order valence-corrected chi connectivity index (χ1v) is 6.76. The highest BCUT2D eigenvalue weighted by molar-refractivity contribution is 5.99. The van der Waals surface area contributed by atoms with E-state index in [2.05, 4.69) is 5.32 Å². The van der Waals surface area contributed by atoms with E-state index in [1.165, 1.54) is 18.2 Å². The molecule has 0 unspecified atom stereocenters. The van der Waals surface area contributed by atoms with Crippen molar-refractivity contribution in [3.8, 4) is 0 Å². The van der Waals surface area contributed by atoms with Crippen molar-refractivity contribution in [3.05, 3.63) is 64.2 Å². The van der Waals surface area contributed by atoms with Crippen LogP contribution in [0.2, 0.25) is 0 Å². The Bertz CT molecular complexity index is 699. The van der Waals surface area contributed by atoms with Gasteiger partial charge < -0.3 is 10.2 Å². The first-order valence-electron chi connectivity index (χ1n) is 6.76. The summed E-state index contributed by atoms with van der Waals surface area (Å²) in [5.41, 5.74) is 2.09. The molecule has 0 radical (unpaired) electrons. The summed E-state index contributed by atoms with van der Waals surface area (Å²) >= 11 is 0. The molecule has 0 fully saturated rings. The lowest BCUT2D eigenvalue weighted by atomic mass is 10.1. The number of nitro benzene ring substituents is 1. The maximum absolute atomic E-state index is 12.1. The Morgan fingerprint density at radius 2 is 1.91 bits per heavy atom. The number of carbonyl (C=O) groups excluding carboxylic acids is 1. The highest BCUT2D eigenvalue weighted by Gasteiger charge is 2.11. The quantitative estimate of drug-likeness (QED) is 0.504. The molecule has 1 N–H and O–H groups in total. The van der Waals surface area contributed by atoms with Gasteiger partial charge in [0.05, 0.1) is 11.5 Å². The van der Waals surface area contributed by atoms with Gasteiger partial charge in [-0.15, -0.1) is 0 Å². The van der Waals surface area contributed by atoms with Gasteiger partial charge in [0.25, 0.3) is 5.69 Å². The van der Waals surface area contributed by atoms with Crippen molar-refractivity contribution in [1.82, 2.24) is 0 Å². The Kier molecular flexibility index (Phi) is 4.73. The van der Waals surface area contributed by atoms with Crippen LogP contribution in [-0.4, -0.2) is 31.3 Å². The number of nitrogens with zero attached hydrogens (tertiary/aromatic N) is 2. The fourth-order valence-electron chi connectivity index (χ4n) is 1.97. The molecule has 2 aromatic carbocycles. The van der Waals surface area contributed by atoms with E-state index in [1.54, 1.807) is 6.07 Å². The van der Waals surface area contributed by atoms with Gasteiger partial charge in [0, 0.05) is 43.2 Å². The van der Waals surface area contributed by atoms with Crippen molar-refractivity contribution in [2.75, 3.05) is 30.9 Å². The van der Waals surface area contributed by atoms with E-state index in [0.29, 0.717) is 5.56 Å². The molecule has 0 amide bonds. The van der Waals surface area contributed by atoms with E-state index in [9.17, 15) is 14.9 Å². The standard InChI is InChI=1S/C16H17N3O3/c1-18(2)14-7-4-6-13(10-14)17-11-16(20)12-5-3-8-15(9-12)19(21)22/h3-10,17H,11H2,1-2H3. The predicted octanol–water partition coefficient (Wildman–Crippen LogP) is 2.96. The van der Waals surface area contributed by atoms with E-state index in [-0.39, 0.29) is 18.0 Å². The number of hydrogen-bond acceptors (Lipinski definition) is 5. The molecule has 0 spiro atoms. The molecule has 0 saturated carbocycles. The third-order valence-electron chi connectivity index (χ3n) is 3.19. The first-order chi connectivity index (χ1) is 10.5. The van der Waals surface area contributed by atoms with Crippen LogP contribution in [0.5, 0.6) is 0 Å². The Hall–Kier alpha value is -2.89. The van der Waals surface area contributed by atoms with Crippen LogP contribution in [0.4, 0.5) is 17.1 Å². The molecule has 0 heterocycles. The first kappa shape index (κ1) is 15.5. The van der Waals surface area contributed by atoms with Crippen molar-refractivity contribution in [3.63, 3.8) is 0 Å². The van der Waals surface area contributed by atoms with Crippen molar-refractivity contribution in [2.24, 2.45) is 0 Å². The van der Waals surface area contributed by atoms with Gasteiger partial charge in [0.2, 0.25) is 0 Å². The summed E-state index contributed by atoms with van der Waals surface area (Å²) in [6, 6.07) is 13.4. The number of Topliss-reactive ketones (excluding diaryl/α,β-unsaturated/α-hetero) is 1. The van der Waals surface area contributed by atoms with Gasteiger partial charge in [0.15, 0.2) is 5.78 Å². The maximum atomic E-state index is 12.1. The third kappa shape index (κ3) is 3.82. The van der Waals surface area contributed by atoms with E-state index >= 15 is 0 Å². The van der Waals surface area contributed by atoms with Gasteiger partial charge in [-0.05, 0) is 18.2 Å². The minimum atomic E-state index is -0.509. The molecule has 0 aromatic heterocycles. The topological polar surface area (TPSA) is 75.5 Å². The lowest BCUT2D eigenvalue weighted by Crippen LogP contribution is -2.15. The number of non-ortho nitro benzene ring substituents is 1. The van der Waals surface area contributed by atoms with E-state index in [1.807, 2.05) is 43.3 Å². The monoisotopic (exact) mass is 299 g/mol. The molecular weight excluding hydrogens is 282 g/mol. The summed E-state index contributed by atoms with van der Waals surface area (Å²) in [4.78, 5) is 24.3. The second kappa shape index (κ2) is 6.71. The summed E-state index contributed by atoms with van der Waals surface area (Å²) in [6.45, 7) is 0.0814. The van der Waals surface area contributed by atoms with Crippen LogP contribution in [0.25, 0.3) is 0 Å². The smallest absolute Gasteiger partial charge is 0.270 e. The van der Waals surface area contributed by atoms with Gasteiger partial charge in [-0.25, -0.2) is 0 Å². The van der Waals surface area contributed by atoms with Crippen LogP contribution in [0.3, 0.4) is 0 Å². The molecule has 0 aliphatic rings. The van der Waals surface area contributed by atoms with Crippen LogP contribution < -0.4 is 10.2 Å². The van der Waals surface area contributed by atoms with E-state index in [0.717, 1.165) is 11.4 Å². The highest BCUT2D eigenvalue weighted by Crippen LogP contribution is 2.18. The highest BCUT2D eigenvalue weighted by atomic mass is 16.6. The van der Waals surface area contributed by atoms with E-state index in [4.69, 9.17) is 0 Å². The fraction of sp³-hybridized carbons (Fsp3) is 0.188. The second-order valence-corrected chi connectivity index (χ2v) is 5.03. The number of ketones is 1. The zero-order valence-corrected chi connectivity index (χ0v) is 12.4. The van der Waals surface area contributed by atoms with Crippen molar-refractivity contribution in [2.45, 2.75) is 0 Å². The summed E-state index contributed by atoms with van der Waals surface area (Å²) in [5, 5.41) is 13.8. The Labute approximate surface area is 128 Å². The average Bonchev–Trinajstić information content (AvgIpc) is 2.53. The molecule has 2 rings (SSSR count). The van der Waals surface area contributed by atoms with Gasteiger partial charge in [-0.2, -0.15) is 0 Å². The van der Waals surface area contributed by atoms with Crippen molar-refractivity contribution in [1.29, 1.82) is 0 Å². The van der Waals surface area contributed by atoms with Gasteiger partial charge in [-0.1, -0.05) is 18.2 Å². The molecule has 6 heteroatoms. The van der Waals surface area contributed by atoms with Gasteiger partial charge in [0.1, 0.15) is 0 Å². The molecule has 0 saturated heterocycles. The van der Waals surface area contributed by atoms with Gasteiger partial charge in [-0.3, -0.25) is 14.9 Å². The van der Waals surface area contributed by atoms with Crippen LogP contribution in [0.15, 0.2) is 48.5 Å². The lowest BCUT2D eigenvalue weighted by molar-refractivity contribution is -0.384. The Balaban J connectivity index is 2.05. The summed E-state index contributed by atoms with van der Waals surface area (Å²) in [5.74, 6) is -0.195. The number of nitrogens with one attached hydrogen (secondary N) is 1. The SMILES string of the molecule is CN(C)c1cccc(NCC(=O)c2cccc([N+](=O)[O-])c2)c1. The molecule has 22 heavy (non-hydrogen) atoms.